The molecule has 2 N–H and O–H groups in total. The predicted molar refractivity (Wildman–Crippen MR) is 61.2 cm³/mol. The van der Waals surface area contributed by atoms with Crippen molar-refractivity contribution < 1.29 is 29.3 Å². The van der Waals surface area contributed by atoms with E-state index in [-0.39, 0.29) is 13.2 Å². The van der Waals surface area contributed by atoms with E-state index >= 15 is 0 Å². The van der Waals surface area contributed by atoms with E-state index in [1.165, 1.54) is 0 Å². The molecule has 0 bridgehead atoms. The molecule has 7 heteroatoms. The summed E-state index contributed by atoms with van der Waals surface area (Å²) in [5.74, 6) is -1.17. The van der Waals surface area contributed by atoms with Gasteiger partial charge in [-0.1, -0.05) is 0 Å². The van der Waals surface area contributed by atoms with Crippen molar-refractivity contribution in [3.63, 3.8) is 0 Å². The minimum absolute atomic E-state index is 0.0869. The molecule has 7 nitrogen and oxygen atoms in total. The molecular weight excluding hydrogens is 242 g/mol. The van der Waals surface area contributed by atoms with Gasteiger partial charge in [-0.05, 0) is 20.8 Å². The third-order valence-electron chi connectivity index (χ3n) is 2.36. The van der Waals surface area contributed by atoms with E-state index in [9.17, 15) is 14.7 Å². The summed E-state index contributed by atoms with van der Waals surface area (Å²) < 4.78 is 10.1. The lowest BCUT2D eigenvalue weighted by molar-refractivity contribution is -0.139. The van der Waals surface area contributed by atoms with Crippen LogP contribution in [0.5, 0.6) is 0 Å². The highest BCUT2D eigenvalue weighted by atomic mass is 16.6. The number of carboxylic acid groups (broad SMARTS) is 1. The quantitative estimate of drug-likeness (QED) is 0.746. The average molecular weight is 261 g/mol. The fourth-order valence-corrected chi connectivity index (χ4v) is 1.61. The molecule has 104 valence electrons. The van der Waals surface area contributed by atoms with Gasteiger partial charge in [-0.15, -0.1) is 0 Å². The Kier molecular flexibility index (Phi) is 4.53. The summed E-state index contributed by atoms with van der Waals surface area (Å²) in [7, 11) is 0. The Hall–Kier alpha value is -1.34. The number of carbonyl (C=O) groups excluding carboxylic acids is 1. The van der Waals surface area contributed by atoms with Gasteiger partial charge >= 0.3 is 12.1 Å². The molecule has 18 heavy (non-hydrogen) atoms. The maximum absolute atomic E-state index is 11.9. The molecule has 2 atom stereocenters. The minimum Gasteiger partial charge on any atom is -0.480 e. The van der Waals surface area contributed by atoms with Gasteiger partial charge in [0, 0.05) is 0 Å². The summed E-state index contributed by atoms with van der Waals surface area (Å²) in [4.78, 5) is 23.7. The maximum atomic E-state index is 11.9. The third-order valence-corrected chi connectivity index (χ3v) is 2.36. The predicted octanol–water partition coefficient (Wildman–Crippen LogP) is 0.0678. The zero-order valence-electron chi connectivity index (χ0n) is 10.8. The van der Waals surface area contributed by atoms with E-state index in [0.717, 1.165) is 4.90 Å². The van der Waals surface area contributed by atoms with Crippen molar-refractivity contribution in [3.8, 4) is 0 Å². The summed E-state index contributed by atoms with van der Waals surface area (Å²) in [6.45, 7) is 4.72. The molecule has 1 heterocycles. The van der Waals surface area contributed by atoms with Gasteiger partial charge in [-0.25, -0.2) is 4.79 Å². The Morgan fingerprint density at radius 1 is 1.39 bits per heavy atom. The molecule has 1 saturated heterocycles. The van der Waals surface area contributed by atoms with E-state index < -0.39 is 36.4 Å². The normalized spacial score (nSPS) is 23.8. The maximum Gasteiger partial charge on any atom is 0.411 e. The van der Waals surface area contributed by atoms with Crippen LogP contribution in [-0.2, 0) is 14.3 Å². The number of rotatable bonds is 3. The summed E-state index contributed by atoms with van der Waals surface area (Å²) in [5, 5.41) is 18.5. The second kappa shape index (κ2) is 5.53. The lowest BCUT2D eigenvalue weighted by atomic mass is 10.2. The topological polar surface area (TPSA) is 96.3 Å². The highest BCUT2D eigenvalue weighted by molar-refractivity contribution is 5.77. The van der Waals surface area contributed by atoms with Crippen LogP contribution >= 0.6 is 0 Å². The Balaban J connectivity index is 2.77. The van der Waals surface area contributed by atoms with Gasteiger partial charge in [0.1, 0.15) is 18.2 Å². The van der Waals surface area contributed by atoms with E-state index in [1.54, 1.807) is 20.8 Å². The summed E-state index contributed by atoms with van der Waals surface area (Å²) >= 11 is 0. The molecule has 1 rings (SSSR count). The molecule has 1 aliphatic heterocycles. The van der Waals surface area contributed by atoms with E-state index in [2.05, 4.69) is 0 Å². The van der Waals surface area contributed by atoms with Crippen molar-refractivity contribution >= 4 is 12.1 Å². The van der Waals surface area contributed by atoms with Crippen LogP contribution in [-0.4, -0.2) is 64.7 Å². The van der Waals surface area contributed by atoms with Crippen LogP contribution in [0.3, 0.4) is 0 Å². The summed E-state index contributed by atoms with van der Waals surface area (Å²) in [5.41, 5.74) is -0.724. The van der Waals surface area contributed by atoms with Crippen LogP contribution in [0.15, 0.2) is 0 Å². The lowest BCUT2D eigenvalue weighted by Crippen LogP contribution is -2.50. The second-order valence-electron chi connectivity index (χ2n) is 5.17. The Morgan fingerprint density at radius 3 is 2.39 bits per heavy atom. The third kappa shape index (κ3) is 4.15. The van der Waals surface area contributed by atoms with Crippen molar-refractivity contribution in [1.29, 1.82) is 0 Å². The highest BCUT2D eigenvalue weighted by Crippen LogP contribution is 2.17. The molecule has 1 fully saturated rings. The number of ether oxygens (including phenoxy) is 2. The molecule has 0 saturated carbocycles. The molecule has 0 aliphatic carbocycles. The van der Waals surface area contributed by atoms with Crippen molar-refractivity contribution in [2.24, 2.45) is 0 Å². The zero-order chi connectivity index (χ0) is 13.9. The average Bonchev–Trinajstić information content (AvgIpc) is 2.57. The van der Waals surface area contributed by atoms with Crippen molar-refractivity contribution in [3.05, 3.63) is 0 Å². The molecule has 0 spiro atoms. The first-order valence-electron chi connectivity index (χ1n) is 5.68. The Labute approximate surface area is 105 Å². The zero-order valence-corrected chi connectivity index (χ0v) is 10.8. The van der Waals surface area contributed by atoms with Gasteiger partial charge in [0.25, 0.3) is 0 Å². The number of hydrogen-bond acceptors (Lipinski definition) is 5. The molecule has 0 radical (unpaired) electrons. The van der Waals surface area contributed by atoms with Crippen LogP contribution in [0.1, 0.15) is 20.8 Å². The van der Waals surface area contributed by atoms with Crippen molar-refractivity contribution in [2.75, 3.05) is 19.8 Å². The standard InChI is InChI=1S/C11H19NO6/c1-11(2,3)18-10(16)12(4-9(14)15)7-5-17-6-8(7)13/h7-8,13H,4-6H2,1-3H3,(H,14,15)/t7-,8-/m1/s1. The summed E-state index contributed by atoms with van der Waals surface area (Å²) in [6.07, 6.45) is -1.66. The van der Waals surface area contributed by atoms with Gasteiger partial charge in [-0.2, -0.15) is 0 Å². The number of aliphatic carboxylic acids is 1. The van der Waals surface area contributed by atoms with E-state index in [0.29, 0.717) is 0 Å². The first-order chi connectivity index (χ1) is 8.20. The number of carboxylic acids is 1. The van der Waals surface area contributed by atoms with E-state index in [1.807, 2.05) is 0 Å². The number of nitrogens with zero attached hydrogens (tertiary/aromatic N) is 1. The number of carbonyl (C=O) groups is 2. The molecule has 1 aliphatic rings. The molecule has 1 amide bonds. The van der Waals surface area contributed by atoms with Crippen LogP contribution < -0.4 is 0 Å². The molecule has 0 aromatic rings. The van der Waals surface area contributed by atoms with Crippen LogP contribution in [0.4, 0.5) is 4.79 Å². The second-order valence-corrected chi connectivity index (χ2v) is 5.17. The first-order valence-corrected chi connectivity index (χ1v) is 5.68. The molecule has 0 aromatic heterocycles. The number of hydrogen-bond donors (Lipinski definition) is 2. The first kappa shape index (κ1) is 14.7. The molecule has 0 aromatic carbocycles. The largest absolute Gasteiger partial charge is 0.480 e. The van der Waals surface area contributed by atoms with Crippen LogP contribution in [0.25, 0.3) is 0 Å². The van der Waals surface area contributed by atoms with Gasteiger partial charge in [0.2, 0.25) is 0 Å². The fraction of sp³-hybridized carbons (Fsp3) is 0.818. The van der Waals surface area contributed by atoms with Crippen molar-refractivity contribution in [1.82, 2.24) is 4.90 Å². The van der Waals surface area contributed by atoms with Crippen LogP contribution in [0, 0.1) is 0 Å². The number of amides is 1. The van der Waals surface area contributed by atoms with Crippen molar-refractivity contribution in [2.45, 2.75) is 38.5 Å². The number of aliphatic hydroxyl groups is 1. The van der Waals surface area contributed by atoms with Gasteiger partial charge < -0.3 is 19.7 Å². The lowest BCUT2D eigenvalue weighted by Gasteiger charge is -2.31. The van der Waals surface area contributed by atoms with Gasteiger partial charge in [0.05, 0.1) is 19.3 Å². The summed E-state index contributed by atoms with van der Waals surface area (Å²) in [6, 6.07) is -0.684. The SMILES string of the molecule is CC(C)(C)OC(=O)N(CC(=O)O)[C@@H]1COC[C@H]1O. The van der Waals surface area contributed by atoms with Gasteiger partial charge in [0.15, 0.2) is 0 Å². The minimum atomic E-state index is -1.17. The van der Waals surface area contributed by atoms with Crippen LogP contribution in [0.2, 0.25) is 0 Å². The van der Waals surface area contributed by atoms with E-state index in [4.69, 9.17) is 14.6 Å². The van der Waals surface area contributed by atoms with Gasteiger partial charge in [-0.3, -0.25) is 9.69 Å². The molecular formula is C11H19NO6. The Morgan fingerprint density at radius 2 is 2.00 bits per heavy atom. The monoisotopic (exact) mass is 261 g/mol. The number of aliphatic hydroxyl groups excluding tert-OH is 1. The molecule has 0 unspecified atom stereocenters. The highest BCUT2D eigenvalue weighted by Gasteiger charge is 2.37. The Bertz CT molecular complexity index is 324. The fourth-order valence-electron chi connectivity index (χ4n) is 1.61. The smallest absolute Gasteiger partial charge is 0.411 e.